The summed E-state index contributed by atoms with van der Waals surface area (Å²) >= 11 is 0. The number of rotatable bonds is 10. The van der Waals surface area contributed by atoms with Crippen LogP contribution in [-0.4, -0.2) is 44.6 Å². The Morgan fingerprint density at radius 1 is 1.20 bits per heavy atom. The number of carboxylic acids is 1. The van der Waals surface area contributed by atoms with Crippen LogP contribution in [0.15, 0.2) is 18.2 Å². The Kier molecular flexibility index (Phi) is 7.79. The highest BCUT2D eigenvalue weighted by Crippen LogP contribution is 2.12. The highest BCUT2D eigenvalue weighted by Gasteiger charge is 2.10. The molecule has 1 aromatic carbocycles. The molecule has 0 unspecified atom stereocenters. The van der Waals surface area contributed by atoms with E-state index in [0.29, 0.717) is 32.0 Å². The minimum atomic E-state index is -1.10. The molecule has 112 valence electrons. The molecular weight excluding hydrogens is 267 g/mol. The van der Waals surface area contributed by atoms with Gasteiger partial charge in [-0.1, -0.05) is 0 Å². The number of halogens is 1. The first-order valence-corrected chi connectivity index (χ1v) is 6.31. The van der Waals surface area contributed by atoms with E-state index in [1.807, 2.05) is 0 Å². The third-order valence-electron chi connectivity index (χ3n) is 2.56. The number of methoxy groups -OCH3 is 1. The topological polar surface area (TPSA) is 65.0 Å². The Bertz CT molecular complexity index is 422. The lowest BCUT2D eigenvalue weighted by atomic mass is 10.1. The van der Waals surface area contributed by atoms with E-state index in [2.05, 4.69) is 0 Å². The fourth-order valence-electron chi connectivity index (χ4n) is 1.60. The zero-order valence-electron chi connectivity index (χ0n) is 11.4. The molecule has 0 heterocycles. The van der Waals surface area contributed by atoms with Crippen molar-refractivity contribution in [1.29, 1.82) is 0 Å². The average Bonchev–Trinajstić information content (AvgIpc) is 2.41. The molecule has 1 N–H and O–H groups in total. The number of carboxylic acid groups (broad SMARTS) is 1. The van der Waals surface area contributed by atoms with Crippen molar-refractivity contribution in [3.05, 3.63) is 35.1 Å². The molecule has 0 amide bonds. The Morgan fingerprint density at radius 2 is 1.95 bits per heavy atom. The van der Waals surface area contributed by atoms with E-state index < -0.39 is 11.8 Å². The fraction of sp³-hybridized carbons (Fsp3) is 0.500. The maximum absolute atomic E-state index is 13.1. The third kappa shape index (κ3) is 6.10. The standard InChI is InChI=1S/C14H19FO5/c1-18-5-2-6-19-7-8-20-10-11-9-12(15)3-4-13(11)14(16)17/h3-4,9H,2,5-8,10H2,1H3,(H,16,17). The lowest BCUT2D eigenvalue weighted by Crippen LogP contribution is -2.09. The van der Waals surface area contributed by atoms with Crippen molar-refractivity contribution in [3.8, 4) is 0 Å². The van der Waals surface area contributed by atoms with Crippen molar-refractivity contribution in [1.82, 2.24) is 0 Å². The van der Waals surface area contributed by atoms with Crippen LogP contribution in [0, 0.1) is 5.82 Å². The van der Waals surface area contributed by atoms with Gasteiger partial charge in [0.1, 0.15) is 5.82 Å². The molecule has 1 aromatic rings. The van der Waals surface area contributed by atoms with Crippen LogP contribution in [0.2, 0.25) is 0 Å². The van der Waals surface area contributed by atoms with Crippen LogP contribution in [0.25, 0.3) is 0 Å². The summed E-state index contributed by atoms with van der Waals surface area (Å²) < 4.78 is 28.5. The minimum Gasteiger partial charge on any atom is -0.478 e. The van der Waals surface area contributed by atoms with Crippen LogP contribution < -0.4 is 0 Å². The van der Waals surface area contributed by atoms with Gasteiger partial charge < -0.3 is 19.3 Å². The molecule has 0 aliphatic carbocycles. The van der Waals surface area contributed by atoms with Crippen molar-refractivity contribution < 1.29 is 28.5 Å². The van der Waals surface area contributed by atoms with E-state index in [1.165, 1.54) is 12.1 Å². The average molecular weight is 286 g/mol. The Labute approximate surface area is 117 Å². The highest BCUT2D eigenvalue weighted by molar-refractivity contribution is 5.89. The molecule has 0 aromatic heterocycles. The number of aromatic carboxylic acids is 1. The molecule has 0 bridgehead atoms. The van der Waals surface area contributed by atoms with Gasteiger partial charge in [0.15, 0.2) is 0 Å². The molecule has 0 atom stereocenters. The second-order valence-electron chi connectivity index (χ2n) is 4.12. The van der Waals surface area contributed by atoms with Gasteiger partial charge in [0.05, 0.1) is 25.4 Å². The molecule has 0 saturated carbocycles. The first kappa shape index (κ1) is 16.6. The summed E-state index contributed by atoms with van der Waals surface area (Å²) in [5.74, 6) is -1.58. The molecule has 5 nitrogen and oxygen atoms in total. The van der Waals surface area contributed by atoms with E-state index in [0.717, 1.165) is 12.5 Å². The number of hydrogen-bond acceptors (Lipinski definition) is 4. The largest absolute Gasteiger partial charge is 0.478 e. The summed E-state index contributed by atoms with van der Waals surface area (Å²) in [7, 11) is 1.63. The second kappa shape index (κ2) is 9.41. The molecule has 0 aliphatic rings. The van der Waals surface area contributed by atoms with Crippen molar-refractivity contribution in [2.75, 3.05) is 33.5 Å². The van der Waals surface area contributed by atoms with Crippen LogP contribution in [0.1, 0.15) is 22.3 Å². The quantitative estimate of drug-likeness (QED) is 0.667. The Hall–Kier alpha value is -1.50. The van der Waals surface area contributed by atoms with Gasteiger partial charge in [0.25, 0.3) is 0 Å². The van der Waals surface area contributed by atoms with Gasteiger partial charge >= 0.3 is 5.97 Å². The lowest BCUT2D eigenvalue weighted by Gasteiger charge is -2.08. The van der Waals surface area contributed by atoms with Crippen LogP contribution in [0.3, 0.4) is 0 Å². The third-order valence-corrected chi connectivity index (χ3v) is 2.56. The molecule has 20 heavy (non-hydrogen) atoms. The van der Waals surface area contributed by atoms with Gasteiger partial charge in [-0.05, 0) is 30.2 Å². The van der Waals surface area contributed by atoms with Gasteiger partial charge in [0.2, 0.25) is 0 Å². The molecule has 6 heteroatoms. The SMILES string of the molecule is COCCCOCCOCc1cc(F)ccc1C(=O)O. The van der Waals surface area contributed by atoms with Crippen LogP contribution in [0.5, 0.6) is 0 Å². The predicted octanol–water partition coefficient (Wildman–Crippen LogP) is 2.09. The summed E-state index contributed by atoms with van der Waals surface area (Å²) in [5, 5.41) is 8.97. The fourth-order valence-corrected chi connectivity index (χ4v) is 1.60. The molecule has 0 saturated heterocycles. The number of carbonyl (C=O) groups is 1. The van der Waals surface area contributed by atoms with Crippen LogP contribution in [0.4, 0.5) is 4.39 Å². The summed E-state index contributed by atoms with van der Waals surface area (Å²) in [6.07, 6.45) is 0.809. The zero-order valence-corrected chi connectivity index (χ0v) is 11.4. The summed E-state index contributed by atoms with van der Waals surface area (Å²) in [4.78, 5) is 11.0. The molecule has 0 aliphatic heterocycles. The van der Waals surface area contributed by atoms with Gasteiger partial charge in [-0.25, -0.2) is 9.18 Å². The van der Waals surface area contributed by atoms with E-state index in [-0.39, 0.29) is 12.2 Å². The second-order valence-corrected chi connectivity index (χ2v) is 4.12. The highest BCUT2D eigenvalue weighted by atomic mass is 19.1. The number of benzene rings is 1. The van der Waals surface area contributed by atoms with Gasteiger partial charge in [-0.15, -0.1) is 0 Å². The zero-order chi connectivity index (χ0) is 14.8. The van der Waals surface area contributed by atoms with Crippen LogP contribution in [-0.2, 0) is 20.8 Å². The first-order chi connectivity index (χ1) is 9.65. The maximum atomic E-state index is 13.1. The predicted molar refractivity (Wildman–Crippen MR) is 70.3 cm³/mol. The summed E-state index contributed by atoms with van der Waals surface area (Å²) in [5.41, 5.74) is 0.365. The van der Waals surface area contributed by atoms with Gasteiger partial charge in [0, 0.05) is 20.3 Å². The Morgan fingerprint density at radius 3 is 2.65 bits per heavy atom. The van der Waals surface area contributed by atoms with E-state index in [1.54, 1.807) is 7.11 Å². The van der Waals surface area contributed by atoms with Crippen molar-refractivity contribution in [2.24, 2.45) is 0 Å². The lowest BCUT2D eigenvalue weighted by molar-refractivity contribution is 0.0331. The van der Waals surface area contributed by atoms with Gasteiger partial charge in [-0.3, -0.25) is 0 Å². The van der Waals surface area contributed by atoms with E-state index >= 15 is 0 Å². The smallest absolute Gasteiger partial charge is 0.336 e. The van der Waals surface area contributed by atoms with Crippen LogP contribution >= 0.6 is 0 Å². The van der Waals surface area contributed by atoms with Gasteiger partial charge in [-0.2, -0.15) is 0 Å². The Balaban J connectivity index is 2.28. The van der Waals surface area contributed by atoms with Crippen molar-refractivity contribution >= 4 is 5.97 Å². The number of ether oxygens (including phenoxy) is 3. The normalized spacial score (nSPS) is 10.7. The summed E-state index contributed by atoms with van der Waals surface area (Å²) in [6, 6.07) is 3.52. The van der Waals surface area contributed by atoms with Crippen molar-refractivity contribution in [2.45, 2.75) is 13.0 Å². The van der Waals surface area contributed by atoms with Crippen molar-refractivity contribution in [3.63, 3.8) is 0 Å². The van der Waals surface area contributed by atoms with E-state index in [9.17, 15) is 9.18 Å². The molecule has 0 radical (unpaired) electrons. The molecular formula is C14H19FO5. The molecule has 0 fully saturated rings. The maximum Gasteiger partial charge on any atom is 0.336 e. The van der Waals surface area contributed by atoms with E-state index in [4.69, 9.17) is 19.3 Å². The first-order valence-electron chi connectivity index (χ1n) is 6.31. The number of hydrogen-bond donors (Lipinski definition) is 1. The molecule has 1 rings (SSSR count). The summed E-state index contributed by atoms with van der Waals surface area (Å²) in [6.45, 7) is 1.99. The minimum absolute atomic E-state index is 0.0425. The molecule has 0 spiro atoms. The monoisotopic (exact) mass is 286 g/mol.